The molecule has 26 heavy (non-hydrogen) atoms. The van der Waals surface area contributed by atoms with Crippen molar-refractivity contribution in [3.05, 3.63) is 29.3 Å². The molecule has 0 heterocycles. The first-order valence-electron chi connectivity index (χ1n) is 8.28. The highest BCUT2D eigenvalue weighted by atomic mass is 32.2. The van der Waals surface area contributed by atoms with Crippen molar-refractivity contribution >= 4 is 29.7 Å². The van der Waals surface area contributed by atoms with Crippen LogP contribution in [0.15, 0.2) is 23.1 Å². The molecule has 1 N–H and O–H groups in total. The standard InChI is InChI=1S/C19H26O6S/c1-11(2)26-15-8-7-12(17(22)24-6)9-13(15)14(10-16(20)21)18(23)25-19(3,4)5/h7-9,11,14H,10H2,1-6H3,(H,20,21). The maximum atomic E-state index is 12.7. The summed E-state index contributed by atoms with van der Waals surface area (Å²) in [6.07, 6.45) is -0.425. The number of benzene rings is 1. The molecule has 144 valence electrons. The minimum atomic E-state index is -1.12. The highest BCUT2D eigenvalue weighted by molar-refractivity contribution is 8.00. The molecule has 0 aromatic heterocycles. The fraction of sp³-hybridized carbons (Fsp3) is 0.526. The molecule has 0 aliphatic rings. The summed E-state index contributed by atoms with van der Waals surface area (Å²) in [5, 5.41) is 9.49. The number of hydrogen-bond donors (Lipinski definition) is 1. The zero-order valence-corrected chi connectivity index (χ0v) is 16.8. The summed E-state index contributed by atoms with van der Waals surface area (Å²) in [4.78, 5) is 36.6. The van der Waals surface area contributed by atoms with Gasteiger partial charge in [-0.3, -0.25) is 9.59 Å². The Morgan fingerprint density at radius 1 is 1.19 bits per heavy atom. The van der Waals surface area contributed by atoms with Crippen LogP contribution in [0.2, 0.25) is 0 Å². The average molecular weight is 382 g/mol. The van der Waals surface area contributed by atoms with Crippen molar-refractivity contribution < 1.29 is 29.0 Å². The van der Waals surface area contributed by atoms with Gasteiger partial charge in [0, 0.05) is 10.1 Å². The van der Waals surface area contributed by atoms with E-state index >= 15 is 0 Å². The predicted octanol–water partition coefficient (Wildman–Crippen LogP) is 3.87. The van der Waals surface area contributed by atoms with Gasteiger partial charge in [-0.05, 0) is 44.5 Å². The number of hydrogen-bond acceptors (Lipinski definition) is 6. The molecular weight excluding hydrogens is 356 g/mol. The van der Waals surface area contributed by atoms with E-state index in [-0.39, 0.29) is 10.8 Å². The summed E-state index contributed by atoms with van der Waals surface area (Å²) in [6.45, 7) is 9.14. The molecular formula is C19H26O6S. The lowest BCUT2D eigenvalue weighted by atomic mass is 9.93. The molecule has 1 atom stereocenters. The first-order chi connectivity index (χ1) is 11.9. The highest BCUT2D eigenvalue weighted by Crippen LogP contribution is 2.35. The summed E-state index contributed by atoms with van der Waals surface area (Å²) in [5.74, 6) is -3.32. The Balaban J connectivity index is 3.45. The van der Waals surface area contributed by atoms with Crippen molar-refractivity contribution in [3.8, 4) is 0 Å². The van der Waals surface area contributed by atoms with Crippen LogP contribution in [-0.4, -0.2) is 41.0 Å². The van der Waals surface area contributed by atoms with Gasteiger partial charge in [0.25, 0.3) is 0 Å². The maximum Gasteiger partial charge on any atom is 0.337 e. The van der Waals surface area contributed by atoms with E-state index in [2.05, 4.69) is 0 Å². The van der Waals surface area contributed by atoms with Gasteiger partial charge in [0.1, 0.15) is 5.60 Å². The number of methoxy groups -OCH3 is 1. The summed E-state index contributed by atoms with van der Waals surface area (Å²) in [7, 11) is 1.27. The van der Waals surface area contributed by atoms with Crippen LogP contribution < -0.4 is 0 Å². The number of carboxylic acid groups (broad SMARTS) is 1. The topological polar surface area (TPSA) is 89.9 Å². The second kappa shape index (κ2) is 9.07. The fourth-order valence-corrected chi connectivity index (χ4v) is 3.29. The molecule has 0 aliphatic heterocycles. The van der Waals surface area contributed by atoms with Crippen molar-refractivity contribution in [3.63, 3.8) is 0 Å². The van der Waals surface area contributed by atoms with Gasteiger partial charge in [-0.15, -0.1) is 11.8 Å². The third-order valence-electron chi connectivity index (χ3n) is 3.24. The van der Waals surface area contributed by atoms with Crippen molar-refractivity contribution in [2.45, 2.75) is 62.7 Å². The van der Waals surface area contributed by atoms with Gasteiger partial charge in [0.15, 0.2) is 0 Å². The first-order valence-corrected chi connectivity index (χ1v) is 9.16. The van der Waals surface area contributed by atoms with Gasteiger partial charge in [-0.25, -0.2) is 4.79 Å². The smallest absolute Gasteiger partial charge is 0.337 e. The molecule has 0 fully saturated rings. The Hall–Kier alpha value is -2.02. The van der Waals surface area contributed by atoms with E-state index in [9.17, 15) is 19.5 Å². The minimum absolute atomic E-state index is 0.210. The lowest BCUT2D eigenvalue weighted by molar-refractivity contribution is -0.159. The van der Waals surface area contributed by atoms with E-state index in [0.717, 1.165) is 4.90 Å². The number of rotatable bonds is 7. The van der Waals surface area contributed by atoms with E-state index in [1.807, 2.05) is 13.8 Å². The van der Waals surface area contributed by atoms with Gasteiger partial charge in [0.05, 0.1) is 25.0 Å². The van der Waals surface area contributed by atoms with Crippen LogP contribution in [0.4, 0.5) is 0 Å². The van der Waals surface area contributed by atoms with E-state index < -0.39 is 35.8 Å². The molecule has 0 aliphatic carbocycles. The van der Waals surface area contributed by atoms with Crippen molar-refractivity contribution in [2.75, 3.05) is 7.11 Å². The van der Waals surface area contributed by atoms with Crippen LogP contribution in [0.3, 0.4) is 0 Å². The molecule has 0 saturated heterocycles. The number of thioether (sulfide) groups is 1. The van der Waals surface area contributed by atoms with Crippen LogP contribution in [0.25, 0.3) is 0 Å². The fourth-order valence-electron chi connectivity index (χ4n) is 2.29. The SMILES string of the molecule is COC(=O)c1ccc(SC(C)C)c(C(CC(=O)O)C(=O)OC(C)(C)C)c1. The number of carbonyl (C=O) groups excluding carboxylic acids is 2. The van der Waals surface area contributed by atoms with Gasteiger partial charge in [0.2, 0.25) is 0 Å². The monoisotopic (exact) mass is 382 g/mol. The second-order valence-electron chi connectivity index (χ2n) is 7.09. The number of aliphatic carboxylic acids is 1. The molecule has 1 aromatic rings. The maximum absolute atomic E-state index is 12.7. The number of esters is 2. The van der Waals surface area contributed by atoms with Crippen LogP contribution in [0, 0.1) is 0 Å². The average Bonchev–Trinajstić information content (AvgIpc) is 2.50. The zero-order chi connectivity index (χ0) is 20.1. The van der Waals surface area contributed by atoms with E-state index in [1.165, 1.54) is 24.9 Å². The molecule has 0 amide bonds. The summed E-state index contributed by atoms with van der Waals surface area (Å²) >= 11 is 1.49. The second-order valence-corrected chi connectivity index (χ2v) is 8.71. The van der Waals surface area contributed by atoms with Crippen molar-refractivity contribution in [2.24, 2.45) is 0 Å². The Morgan fingerprint density at radius 2 is 1.81 bits per heavy atom. The van der Waals surface area contributed by atoms with E-state index in [4.69, 9.17) is 9.47 Å². The number of ether oxygens (including phenoxy) is 2. The molecule has 0 radical (unpaired) electrons. The molecule has 0 saturated carbocycles. The molecule has 0 bridgehead atoms. The number of carboxylic acids is 1. The van der Waals surface area contributed by atoms with Crippen LogP contribution in [0.5, 0.6) is 0 Å². The summed E-state index contributed by atoms with van der Waals surface area (Å²) in [5.41, 5.74) is -0.0307. The molecule has 6 nitrogen and oxygen atoms in total. The lowest BCUT2D eigenvalue weighted by Crippen LogP contribution is -2.29. The third kappa shape index (κ3) is 6.71. The highest BCUT2D eigenvalue weighted by Gasteiger charge is 2.31. The normalized spacial score (nSPS) is 12.6. The van der Waals surface area contributed by atoms with Gasteiger partial charge >= 0.3 is 17.9 Å². The van der Waals surface area contributed by atoms with Crippen molar-refractivity contribution in [1.82, 2.24) is 0 Å². The molecule has 7 heteroatoms. The van der Waals surface area contributed by atoms with E-state index in [1.54, 1.807) is 32.9 Å². The summed E-state index contributed by atoms with van der Waals surface area (Å²) in [6, 6.07) is 4.84. The first kappa shape index (κ1) is 22.0. The van der Waals surface area contributed by atoms with Crippen molar-refractivity contribution in [1.29, 1.82) is 0 Å². The Morgan fingerprint density at radius 3 is 2.27 bits per heavy atom. The minimum Gasteiger partial charge on any atom is -0.481 e. The Kier molecular flexibility index (Phi) is 7.68. The summed E-state index contributed by atoms with van der Waals surface area (Å²) < 4.78 is 10.1. The Bertz CT molecular complexity index is 675. The quantitative estimate of drug-likeness (QED) is 0.565. The lowest BCUT2D eigenvalue weighted by Gasteiger charge is -2.25. The largest absolute Gasteiger partial charge is 0.481 e. The molecule has 0 spiro atoms. The zero-order valence-electron chi connectivity index (χ0n) is 16.0. The molecule has 1 aromatic carbocycles. The van der Waals surface area contributed by atoms with E-state index in [0.29, 0.717) is 5.56 Å². The van der Waals surface area contributed by atoms with Crippen LogP contribution in [-0.2, 0) is 19.1 Å². The predicted molar refractivity (Wildman–Crippen MR) is 99.6 cm³/mol. The van der Waals surface area contributed by atoms with Gasteiger partial charge in [-0.1, -0.05) is 13.8 Å². The molecule has 1 unspecified atom stereocenters. The van der Waals surface area contributed by atoms with Crippen LogP contribution in [0.1, 0.15) is 62.9 Å². The Labute approximate surface area is 158 Å². The van der Waals surface area contributed by atoms with Crippen LogP contribution >= 0.6 is 11.8 Å². The number of carbonyl (C=O) groups is 3. The van der Waals surface area contributed by atoms with Gasteiger partial charge in [-0.2, -0.15) is 0 Å². The third-order valence-corrected chi connectivity index (χ3v) is 4.34. The molecule has 1 rings (SSSR count). The van der Waals surface area contributed by atoms with Gasteiger partial charge < -0.3 is 14.6 Å².